The molecule has 2 rings (SSSR count). The maximum atomic E-state index is 5.80. The van der Waals surface area contributed by atoms with Crippen molar-refractivity contribution in [3.8, 4) is 5.19 Å². The predicted molar refractivity (Wildman–Crippen MR) is 59.7 cm³/mol. The summed E-state index contributed by atoms with van der Waals surface area (Å²) in [4.78, 5) is 0. The fourth-order valence-corrected chi connectivity index (χ4v) is 2.80. The van der Waals surface area contributed by atoms with Gasteiger partial charge in [-0.3, -0.25) is 0 Å². The first kappa shape index (κ1) is 10.4. The summed E-state index contributed by atoms with van der Waals surface area (Å²) in [5.41, 5.74) is 0. The van der Waals surface area contributed by atoms with E-state index in [-0.39, 0.29) is 0 Å². The lowest BCUT2D eigenvalue weighted by Crippen LogP contribution is -2.28. The maximum absolute atomic E-state index is 5.80. The van der Waals surface area contributed by atoms with Crippen molar-refractivity contribution in [2.45, 2.75) is 38.7 Å². The lowest BCUT2D eigenvalue weighted by atomic mass is 9.88. The van der Waals surface area contributed by atoms with E-state index in [2.05, 4.69) is 33.1 Å². The first-order valence-electron chi connectivity index (χ1n) is 4.91. The first-order chi connectivity index (χ1) is 6.75. The Bertz CT molecular complexity index is 305. The second-order valence-corrected chi connectivity index (χ2v) is 5.96. The SMILES string of the molecule is CC1CCCCC1Oc1nnc(Br)s1. The van der Waals surface area contributed by atoms with E-state index < -0.39 is 0 Å². The third-order valence-corrected chi connectivity index (χ3v) is 3.91. The van der Waals surface area contributed by atoms with Gasteiger partial charge in [-0.2, -0.15) is 0 Å². The van der Waals surface area contributed by atoms with Crippen molar-refractivity contribution in [3.05, 3.63) is 3.92 Å². The fourth-order valence-electron chi connectivity index (χ4n) is 1.83. The van der Waals surface area contributed by atoms with E-state index in [1.54, 1.807) is 0 Å². The topological polar surface area (TPSA) is 35.0 Å². The summed E-state index contributed by atoms with van der Waals surface area (Å²) in [6.45, 7) is 2.25. The van der Waals surface area contributed by atoms with Gasteiger partial charge in [0, 0.05) is 0 Å². The zero-order valence-corrected chi connectivity index (χ0v) is 10.5. The number of hydrogen-bond donors (Lipinski definition) is 0. The van der Waals surface area contributed by atoms with Crippen LogP contribution in [0.2, 0.25) is 0 Å². The van der Waals surface area contributed by atoms with Crippen LogP contribution in [-0.4, -0.2) is 16.3 Å². The minimum absolute atomic E-state index is 0.337. The van der Waals surface area contributed by atoms with Crippen molar-refractivity contribution in [3.63, 3.8) is 0 Å². The first-order valence-corrected chi connectivity index (χ1v) is 6.52. The molecule has 0 bridgehead atoms. The molecular formula is C9H13BrN2OS. The molecule has 3 nitrogen and oxygen atoms in total. The Morgan fingerprint density at radius 3 is 2.79 bits per heavy atom. The van der Waals surface area contributed by atoms with Crippen LogP contribution in [0.3, 0.4) is 0 Å². The van der Waals surface area contributed by atoms with Gasteiger partial charge in [-0.25, -0.2) is 0 Å². The highest BCUT2D eigenvalue weighted by Crippen LogP contribution is 2.30. The Labute approximate surface area is 96.0 Å². The van der Waals surface area contributed by atoms with Gasteiger partial charge < -0.3 is 4.74 Å². The van der Waals surface area contributed by atoms with Gasteiger partial charge in [0.05, 0.1) is 0 Å². The number of hydrogen-bond acceptors (Lipinski definition) is 4. The van der Waals surface area contributed by atoms with Crippen LogP contribution in [0.25, 0.3) is 0 Å². The van der Waals surface area contributed by atoms with Crippen LogP contribution < -0.4 is 4.74 Å². The molecule has 2 unspecified atom stereocenters. The summed E-state index contributed by atoms with van der Waals surface area (Å²) in [5.74, 6) is 0.645. The third kappa shape index (κ3) is 2.45. The van der Waals surface area contributed by atoms with Crippen molar-refractivity contribution in [2.24, 2.45) is 5.92 Å². The highest BCUT2D eigenvalue weighted by Gasteiger charge is 2.23. The molecule has 1 saturated carbocycles. The molecule has 2 atom stereocenters. The molecule has 0 spiro atoms. The van der Waals surface area contributed by atoms with Gasteiger partial charge in [0.25, 0.3) is 5.19 Å². The molecule has 78 valence electrons. The number of ether oxygens (including phenoxy) is 1. The molecule has 1 fully saturated rings. The highest BCUT2D eigenvalue weighted by atomic mass is 79.9. The van der Waals surface area contributed by atoms with Crippen molar-refractivity contribution in [1.29, 1.82) is 0 Å². The molecule has 1 aromatic rings. The third-order valence-electron chi connectivity index (χ3n) is 2.67. The molecular weight excluding hydrogens is 264 g/mol. The molecule has 14 heavy (non-hydrogen) atoms. The minimum atomic E-state index is 0.337. The van der Waals surface area contributed by atoms with Gasteiger partial charge in [-0.1, -0.05) is 18.4 Å². The van der Waals surface area contributed by atoms with Crippen LogP contribution in [0.4, 0.5) is 0 Å². The van der Waals surface area contributed by atoms with E-state index in [4.69, 9.17) is 4.74 Å². The number of aromatic nitrogens is 2. The predicted octanol–water partition coefficient (Wildman–Crippen LogP) is 3.26. The number of halogens is 1. The molecule has 5 heteroatoms. The molecule has 0 aliphatic heterocycles. The second kappa shape index (κ2) is 4.57. The smallest absolute Gasteiger partial charge is 0.295 e. The van der Waals surface area contributed by atoms with Gasteiger partial charge in [0.15, 0.2) is 3.92 Å². The fraction of sp³-hybridized carbons (Fsp3) is 0.778. The lowest BCUT2D eigenvalue weighted by Gasteiger charge is -2.27. The standard InChI is InChI=1S/C9H13BrN2OS/c1-6-4-2-3-5-7(6)13-9-12-11-8(10)14-9/h6-7H,2-5H2,1H3. The number of nitrogens with zero attached hydrogens (tertiary/aromatic N) is 2. The van der Waals surface area contributed by atoms with E-state index >= 15 is 0 Å². The van der Waals surface area contributed by atoms with Crippen molar-refractivity contribution < 1.29 is 4.74 Å². The van der Waals surface area contributed by atoms with Crippen LogP contribution in [0.5, 0.6) is 5.19 Å². The molecule has 0 saturated heterocycles. The highest BCUT2D eigenvalue weighted by molar-refractivity contribution is 9.11. The summed E-state index contributed by atoms with van der Waals surface area (Å²) in [6, 6.07) is 0. The monoisotopic (exact) mass is 276 g/mol. The summed E-state index contributed by atoms with van der Waals surface area (Å²) in [7, 11) is 0. The summed E-state index contributed by atoms with van der Waals surface area (Å²) < 4.78 is 6.59. The van der Waals surface area contributed by atoms with Gasteiger partial charge in [-0.15, -0.1) is 5.10 Å². The second-order valence-electron chi connectivity index (χ2n) is 3.74. The Kier molecular flexibility index (Phi) is 3.38. The van der Waals surface area contributed by atoms with Gasteiger partial charge in [0.1, 0.15) is 6.10 Å². The Morgan fingerprint density at radius 2 is 2.14 bits per heavy atom. The van der Waals surface area contributed by atoms with Crippen LogP contribution in [0.15, 0.2) is 3.92 Å². The van der Waals surface area contributed by atoms with Crippen molar-refractivity contribution in [2.75, 3.05) is 0 Å². The quantitative estimate of drug-likeness (QED) is 0.832. The molecule has 1 aliphatic carbocycles. The largest absolute Gasteiger partial charge is 0.465 e. The Morgan fingerprint density at radius 1 is 1.36 bits per heavy atom. The van der Waals surface area contributed by atoms with E-state index in [0.717, 1.165) is 10.3 Å². The Balaban J connectivity index is 1.95. The van der Waals surface area contributed by atoms with Crippen LogP contribution >= 0.6 is 27.3 Å². The van der Waals surface area contributed by atoms with Crippen LogP contribution in [0, 0.1) is 5.92 Å². The van der Waals surface area contributed by atoms with E-state index in [0.29, 0.717) is 17.2 Å². The van der Waals surface area contributed by atoms with Crippen molar-refractivity contribution >= 4 is 27.3 Å². The molecule has 0 amide bonds. The van der Waals surface area contributed by atoms with Gasteiger partial charge in [0.2, 0.25) is 0 Å². The summed E-state index contributed by atoms with van der Waals surface area (Å²) >= 11 is 4.73. The zero-order valence-electron chi connectivity index (χ0n) is 8.07. The number of rotatable bonds is 2. The van der Waals surface area contributed by atoms with Gasteiger partial charge >= 0.3 is 0 Å². The van der Waals surface area contributed by atoms with Crippen LogP contribution in [-0.2, 0) is 0 Å². The average molecular weight is 277 g/mol. The Hall–Kier alpha value is -0.160. The molecule has 1 aromatic heterocycles. The normalized spacial score (nSPS) is 27.6. The van der Waals surface area contributed by atoms with Crippen molar-refractivity contribution in [1.82, 2.24) is 10.2 Å². The molecule has 0 radical (unpaired) electrons. The summed E-state index contributed by atoms with van der Waals surface area (Å²) in [5, 5.41) is 8.50. The average Bonchev–Trinajstić information content (AvgIpc) is 2.56. The maximum Gasteiger partial charge on any atom is 0.295 e. The lowest BCUT2D eigenvalue weighted by molar-refractivity contribution is 0.101. The molecule has 0 N–H and O–H groups in total. The zero-order chi connectivity index (χ0) is 9.97. The summed E-state index contributed by atoms with van der Waals surface area (Å²) in [6.07, 6.45) is 5.36. The molecule has 1 heterocycles. The van der Waals surface area contributed by atoms with E-state index in [9.17, 15) is 0 Å². The molecule has 0 aromatic carbocycles. The van der Waals surface area contributed by atoms with E-state index in [1.807, 2.05) is 0 Å². The molecule has 1 aliphatic rings. The van der Waals surface area contributed by atoms with Gasteiger partial charge in [-0.05, 0) is 52.4 Å². The minimum Gasteiger partial charge on any atom is -0.465 e. The van der Waals surface area contributed by atoms with Crippen LogP contribution in [0.1, 0.15) is 32.6 Å². The van der Waals surface area contributed by atoms with E-state index in [1.165, 1.54) is 30.6 Å².